The fraction of sp³-hybridized carbons (Fsp3) is 0.586. The Labute approximate surface area is 227 Å². The number of aliphatic imine (C=N–C) groups is 1. The highest BCUT2D eigenvalue weighted by atomic mass is 16.5. The van der Waals surface area contributed by atoms with Crippen molar-refractivity contribution >= 4 is 17.9 Å². The van der Waals surface area contributed by atoms with E-state index >= 15 is 0 Å². The van der Waals surface area contributed by atoms with Gasteiger partial charge in [-0.05, 0) is 44.7 Å². The standard InChI is InChI=1S/C29H44N6O3/c1-21-7-5-6-8-26(21)34-16-14-33(15-17-34)23(3)22(2)28(31-20-30)29(36)35-12-9-24(10-13-35)32-25-11-18-38-19-27(25)37-4/h5-8,20,24-25,27,32H,3,9-19H2,1-2,4H3,(H2,30,31)/b28-22-. The predicted molar refractivity (Wildman–Crippen MR) is 152 cm³/mol. The topological polar surface area (TPSA) is 95.7 Å². The lowest BCUT2D eigenvalue weighted by molar-refractivity contribution is -0.128. The molecule has 9 nitrogen and oxygen atoms in total. The van der Waals surface area contributed by atoms with Gasteiger partial charge in [-0.15, -0.1) is 0 Å². The van der Waals surface area contributed by atoms with Gasteiger partial charge in [0.2, 0.25) is 0 Å². The molecule has 0 radical (unpaired) electrons. The zero-order chi connectivity index (χ0) is 27.1. The number of likely N-dealkylation sites (tertiary alicyclic amines) is 1. The minimum Gasteiger partial charge on any atom is -0.390 e. The number of carbonyl (C=O) groups is 1. The Hall–Kier alpha value is -2.88. The number of methoxy groups -OCH3 is 1. The summed E-state index contributed by atoms with van der Waals surface area (Å²) in [5.41, 5.74) is 10.3. The zero-order valence-electron chi connectivity index (χ0n) is 23.2. The number of piperidine rings is 1. The summed E-state index contributed by atoms with van der Waals surface area (Å²) >= 11 is 0. The Morgan fingerprint density at radius 3 is 2.50 bits per heavy atom. The molecule has 3 aliphatic rings. The van der Waals surface area contributed by atoms with E-state index in [9.17, 15) is 4.79 Å². The van der Waals surface area contributed by atoms with E-state index in [0.29, 0.717) is 31.4 Å². The average molecular weight is 525 g/mol. The number of nitrogens with two attached hydrogens (primary N) is 1. The molecule has 2 atom stereocenters. The highest BCUT2D eigenvalue weighted by Gasteiger charge is 2.31. The van der Waals surface area contributed by atoms with Crippen LogP contribution in [-0.4, -0.2) is 99.8 Å². The maximum Gasteiger partial charge on any atom is 0.272 e. The van der Waals surface area contributed by atoms with Crippen LogP contribution in [0.3, 0.4) is 0 Å². The first-order valence-electron chi connectivity index (χ1n) is 13.8. The molecule has 208 valence electrons. The first-order valence-corrected chi connectivity index (χ1v) is 13.8. The van der Waals surface area contributed by atoms with Crippen molar-refractivity contribution in [1.82, 2.24) is 15.1 Å². The van der Waals surface area contributed by atoms with Crippen molar-refractivity contribution in [2.24, 2.45) is 10.7 Å². The molecular formula is C29H44N6O3. The van der Waals surface area contributed by atoms with Crippen molar-refractivity contribution in [1.29, 1.82) is 0 Å². The van der Waals surface area contributed by atoms with Crippen molar-refractivity contribution in [2.45, 2.75) is 51.3 Å². The summed E-state index contributed by atoms with van der Waals surface area (Å²) in [5.74, 6) is -0.0804. The first kappa shape index (κ1) is 28.1. The maximum atomic E-state index is 13.6. The number of carbonyl (C=O) groups excluding carboxylic acids is 1. The molecule has 0 bridgehead atoms. The van der Waals surface area contributed by atoms with Crippen LogP contribution in [0.15, 0.2) is 52.8 Å². The lowest BCUT2D eigenvalue weighted by atomic mass is 9.99. The van der Waals surface area contributed by atoms with Crippen LogP contribution < -0.4 is 16.0 Å². The van der Waals surface area contributed by atoms with Crippen LogP contribution in [0.4, 0.5) is 5.69 Å². The van der Waals surface area contributed by atoms with Gasteiger partial charge in [0, 0.05) is 82.0 Å². The number of nitrogens with zero attached hydrogens (tertiary/aromatic N) is 4. The lowest BCUT2D eigenvalue weighted by Crippen LogP contribution is -2.54. The SMILES string of the molecule is C=C(/C(C)=C(\N=CN)C(=O)N1CCC(NC2CCOCC2OC)CC1)N1CCN(c2ccccc2C)CC1. The molecule has 1 aromatic carbocycles. The molecule has 9 heteroatoms. The smallest absolute Gasteiger partial charge is 0.272 e. The summed E-state index contributed by atoms with van der Waals surface area (Å²) in [6.07, 6.45) is 4.00. The normalized spacial score (nSPS) is 24.0. The Morgan fingerprint density at radius 2 is 1.84 bits per heavy atom. The average Bonchev–Trinajstić information content (AvgIpc) is 2.96. The summed E-state index contributed by atoms with van der Waals surface area (Å²) in [6, 6.07) is 9.13. The second-order valence-electron chi connectivity index (χ2n) is 10.4. The lowest BCUT2D eigenvalue weighted by Gasteiger charge is -2.39. The van der Waals surface area contributed by atoms with Crippen molar-refractivity contribution < 1.29 is 14.3 Å². The summed E-state index contributed by atoms with van der Waals surface area (Å²) in [7, 11) is 1.74. The summed E-state index contributed by atoms with van der Waals surface area (Å²) in [6.45, 7) is 14.6. The number of aryl methyl sites for hydroxylation is 1. The highest BCUT2D eigenvalue weighted by molar-refractivity contribution is 5.95. The fourth-order valence-electron chi connectivity index (χ4n) is 5.73. The third-order valence-corrected chi connectivity index (χ3v) is 8.15. The van der Waals surface area contributed by atoms with Crippen molar-refractivity contribution in [3.05, 3.63) is 53.4 Å². The largest absolute Gasteiger partial charge is 0.390 e. The molecule has 3 aliphatic heterocycles. The number of benzene rings is 1. The third-order valence-electron chi connectivity index (χ3n) is 8.15. The van der Waals surface area contributed by atoms with E-state index in [1.807, 2.05) is 11.8 Å². The van der Waals surface area contributed by atoms with Gasteiger partial charge in [-0.2, -0.15) is 0 Å². The number of para-hydroxylation sites is 1. The number of hydrogen-bond donors (Lipinski definition) is 2. The summed E-state index contributed by atoms with van der Waals surface area (Å²) in [5, 5.41) is 3.75. The molecule has 3 fully saturated rings. The number of rotatable bonds is 8. The van der Waals surface area contributed by atoms with E-state index in [4.69, 9.17) is 15.2 Å². The predicted octanol–water partition coefficient (Wildman–Crippen LogP) is 2.28. The third kappa shape index (κ3) is 6.57. The minimum absolute atomic E-state index is 0.0732. The second kappa shape index (κ2) is 13.3. The van der Waals surface area contributed by atoms with Gasteiger partial charge in [0.25, 0.3) is 5.91 Å². The quantitative estimate of drug-likeness (QED) is 0.233. The number of amides is 1. The molecule has 0 aliphatic carbocycles. The molecule has 1 aromatic rings. The van der Waals surface area contributed by atoms with Crippen molar-refractivity contribution in [3.8, 4) is 0 Å². The van der Waals surface area contributed by atoms with E-state index in [1.165, 1.54) is 17.6 Å². The Bertz CT molecular complexity index is 1020. The molecule has 0 aromatic heterocycles. The Balaban J connectivity index is 1.35. The van der Waals surface area contributed by atoms with Crippen molar-refractivity contribution in [2.75, 3.05) is 64.5 Å². The van der Waals surface area contributed by atoms with Crippen LogP contribution in [0, 0.1) is 6.92 Å². The highest BCUT2D eigenvalue weighted by Crippen LogP contribution is 2.26. The van der Waals surface area contributed by atoms with E-state index in [2.05, 4.69) is 57.9 Å². The van der Waals surface area contributed by atoms with Crippen LogP contribution in [-0.2, 0) is 14.3 Å². The minimum atomic E-state index is -0.0804. The zero-order valence-corrected chi connectivity index (χ0v) is 23.2. The van der Waals surface area contributed by atoms with Crippen LogP contribution in [0.2, 0.25) is 0 Å². The molecule has 3 saturated heterocycles. The molecule has 1 amide bonds. The number of nitrogens with one attached hydrogen (secondary N) is 1. The Morgan fingerprint density at radius 1 is 1.13 bits per heavy atom. The van der Waals surface area contributed by atoms with Crippen LogP contribution in [0.1, 0.15) is 31.7 Å². The van der Waals surface area contributed by atoms with Crippen LogP contribution >= 0.6 is 0 Å². The number of ether oxygens (including phenoxy) is 2. The van der Waals surface area contributed by atoms with Crippen LogP contribution in [0.5, 0.6) is 0 Å². The van der Waals surface area contributed by atoms with E-state index in [-0.39, 0.29) is 18.1 Å². The number of piperazine rings is 1. The summed E-state index contributed by atoms with van der Waals surface area (Å²) < 4.78 is 11.1. The summed E-state index contributed by atoms with van der Waals surface area (Å²) in [4.78, 5) is 24.4. The number of allylic oxidation sites excluding steroid dienone is 1. The molecule has 4 rings (SSSR count). The molecule has 3 N–H and O–H groups in total. The van der Waals surface area contributed by atoms with Gasteiger partial charge >= 0.3 is 0 Å². The molecule has 38 heavy (non-hydrogen) atoms. The van der Waals surface area contributed by atoms with E-state index < -0.39 is 0 Å². The molecule has 0 saturated carbocycles. The van der Waals surface area contributed by atoms with Gasteiger partial charge in [-0.3, -0.25) is 4.79 Å². The van der Waals surface area contributed by atoms with Gasteiger partial charge in [-0.25, -0.2) is 4.99 Å². The van der Waals surface area contributed by atoms with E-state index in [1.54, 1.807) is 7.11 Å². The van der Waals surface area contributed by atoms with Crippen molar-refractivity contribution in [3.63, 3.8) is 0 Å². The van der Waals surface area contributed by atoms with Gasteiger partial charge < -0.3 is 35.2 Å². The molecule has 2 unspecified atom stereocenters. The van der Waals surface area contributed by atoms with Gasteiger partial charge in [0.05, 0.1) is 19.0 Å². The molecular weight excluding hydrogens is 480 g/mol. The maximum absolute atomic E-state index is 13.6. The van der Waals surface area contributed by atoms with Gasteiger partial charge in [-0.1, -0.05) is 24.8 Å². The monoisotopic (exact) mass is 524 g/mol. The Kier molecular flexibility index (Phi) is 9.82. The molecule has 0 spiro atoms. The second-order valence-corrected chi connectivity index (χ2v) is 10.4. The van der Waals surface area contributed by atoms with Gasteiger partial charge in [0.15, 0.2) is 0 Å². The first-order chi connectivity index (χ1) is 18.4. The number of anilines is 1. The number of hydrogen-bond acceptors (Lipinski definition) is 7. The fourth-order valence-corrected chi connectivity index (χ4v) is 5.73. The van der Waals surface area contributed by atoms with Crippen LogP contribution in [0.25, 0.3) is 0 Å². The van der Waals surface area contributed by atoms with Gasteiger partial charge in [0.1, 0.15) is 5.70 Å². The molecule has 3 heterocycles. The van der Waals surface area contributed by atoms with E-state index in [0.717, 1.165) is 63.3 Å².